The summed E-state index contributed by atoms with van der Waals surface area (Å²) < 4.78 is 5.25. The largest absolute Gasteiger partial charge is 0.481 e. The molecule has 2 aliphatic heterocycles. The summed E-state index contributed by atoms with van der Waals surface area (Å²) in [5, 5.41) is 1.08. The maximum absolute atomic E-state index is 13.1. The van der Waals surface area contributed by atoms with Gasteiger partial charge in [0.2, 0.25) is 5.88 Å². The molecule has 0 aliphatic carbocycles. The van der Waals surface area contributed by atoms with Gasteiger partial charge in [-0.15, -0.1) is 0 Å². The van der Waals surface area contributed by atoms with E-state index in [1.165, 1.54) is 0 Å². The van der Waals surface area contributed by atoms with E-state index in [0.717, 1.165) is 67.7 Å². The molecule has 3 aromatic rings. The number of hydrogen-bond donors (Lipinski definition) is 1. The lowest BCUT2D eigenvalue weighted by Gasteiger charge is -2.41. The van der Waals surface area contributed by atoms with Crippen molar-refractivity contribution in [3.05, 3.63) is 48.4 Å². The van der Waals surface area contributed by atoms with Crippen molar-refractivity contribution in [2.75, 3.05) is 38.2 Å². The Balaban J connectivity index is 1.32. The SMILES string of the molecule is COc1cc(N2CCCC3(CCN(C(=O)c4ccc5[nH]ccc5c4)C3)C2)ncn1. The zero-order valence-electron chi connectivity index (χ0n) is 16.6. The van der Waals surface area contributed by atoms with E-state index in [9.17, 15) is 4.79 Å². The highest BCUT2D eigenvalue weighted by Crippen LogP contribution is 2.40. The molecule has 1 N–H and O–H groups in total. The van der Waals surface area contributed by atoms with E-state index < -0.39 is 0 Å². The number of methoxy groups -OCH3 is 1. The molecule has 0 radical (unpaired) electrons. The number of ether oxygens (including phenoxy) is 1. The van der Waals surface area contributed by atoms with Crippen molar-refractivity contribution < 1.29 is 9.53 Å². The molecule has 2 aromatic heterocycles. The number of aromatic amines is 1. The Hall–Kier alpha value is -3.09. The molecule has 1 unspecified atom stereocenters. The van der Waals surface area contributed by atoms with Gasteiger partial charge in [-0.3, -0.25) is 4.79 Å². The van der Waals surface area contributed by atoms with Crippen molar-refractivity contribution in [3.8, 4) is 5.88 Å². The number of nitrogens with one attached hydrogen (secondary N) is 1. The van der Waals surface area contributed by atoms with Crippen molar-refractivity contribution >= 4 is 22.6 Å². The smallest absolute Gasteiger partial charge is 0.253 e. The van der Waals surface area contributed by atoms with Crippen LogP contribution in [-0.4, -0.2) is 59.0 Å². The second-order valence-corrected chi connectivity index (χ2v) is 8.20. The summed E-state index contributed by atoms with van der Waals surface area (Å²) in [6.07, 6.45) is 6.74. The summed E-state index contributed by atoms with van der Waals surface area (Å²) in [5.74, 6) is 1.61. The van der Waals surface area contributed by atoms with E-state index >= 15 is 0 Å². The number of carbonyl (C=O) groups is 1. The first kappa shape index (κ1) is 18.0. The number of amides is 1. The van der Waals surface area contributed by atoms with Crippen LogP contribution in [0.5, 0.6) is 5.88 Å². The molecule has 7 nitrogen and oxygen atoms in total. The number of hydrogen-bond acceptors (Lipinski definition) is 5. The van der Waals surface area contributed by atoms with Gasteiger partial charge in [-0.1, -0.05) is 0 Å². The third kappa shape index (κ3) is 3.30. The topological polar surface area (TPSA) is 74.3 Å². The number of benzene rings is 1. The van der Waals surface area contributed by atoms with Gasteiger partial charge in [-0.2, -0.15) is 0 Å². The summed E-state index contributed by atoms with van der Waals surface area (Å²) in [7, 11) is 1.62. The van der Waals surface area contributed by atoms with Crippen LogP contribution in [-0.2, 0) is 0 Å². The maximum Gasteiger partial charge on any atom is 0.253 e. The molecular weight excluding hydrogens is 366 g/mol. The molecular formula is C22H25N5O2. The zero-order chi connectivity index (χ0) is 19.8. The van der Waals surface area contributed by atoms with Gasteiger partial charge in [-0.05, 0) is 43.5 Å². The van der Waals surface area contributed by atoms with Gasteiger partial charge >= 0.3 is 0 Å². The number of anilines is 1. The third-order valence-electron chi connectivity index (χ3n) is 6.35. The first-order valence-electron chi connectivity index (χ1n) is 10.1. The Bertz CT molecular complexity index is 1050. The minimum atomic E-state index is 0.129. The number of H-pyrrole nitrogens is 1. The van der Waals surface area contributed by atoms with Crippen LogP contribution in [0.2, 0.25) is 0 Å². The van der Waals surface area contributed by atoms with Gasteiger partial charge in [0, 0.05) is 60.3 Å². The van der Waals surface area contributed by atoms with Crippen LogP contribution in [0.4, 0.5) is 5.82 Å². The Morgan fingerprint density at radius 3 is 2.97 bits per heavy atom. The fraction of sp³-hybridized carbons (Fsp3) is 0.409. The van der Waals surface area contributed by atoms with Crippen molar-refractivity contribution in [1.82, 2.24) is 19.9 Å². The van der Waals surface area contributed by atoms with Crippen LogP contribution < -0.4 is 9.64 Å². The van der Waals surface area contributed by atoms with Crippen molar-refractivity contribution in [2.24, 2.45) is 5.41 Å². The highest BCUT2D eigenvalue weighted by atomic mass is 16.5. The highest BCUT2D eigenvalue weighted by molar-refractivity contribution is 5.98. The van der Waals surface area contributed by atoms with E-state index in [0.29, 0.717) is 5.88 Å². The average molecular weight is 391 g/mol. The lowest BCUT2D eigenvalue weighted by molar-refractivity contribution is 0.0767. The second-order valence-electron chi connectivity index (χ2n) is 8.20. The molecule has 1 spiro atoms. The van der Waals surface area contributed by atoms with E-state index in [4.69, 9.17) is 4.74 Å². The van der Waals surface area contributed by atoms with Gasteiger partial charge in [0.1, 0.15) is 12.1 Å². The zero-order valence-corrected chi connectivity index (χ0v) is 16.6. The lowest BCUT2D eigenvalue weighted by Crippen LogP contribution is -2.45. The fourth-order valence-corrected chi connectivity index (χ4v) is 4.83. The van der Waals surface area contributed by atoms with Crippen molar-refractivity contribution in [2.45, 2.75) is 19.3 Å². The summed E-state index contributed by atoms with van der Waals surface area (Å²) in [6, 6.07) is 9.79. The number of fused-ring (bicyclic) bond motifs is 1. The van der Waals surface area contributed by atoms with Crippen molar-refractivity contribution in [1.29, 1.82) is 0 Å². The normalized spacial score (nSPS) is 21.8. The van der Waals surface area contributed by atoms with Gasteiger partial charge < -0.3 is 19.5 Å². The summed E-state index contributed by atoms with van der Waals surface area (Å²) in [6.45, 7) is 3.49. The number of piperidine rings is 1. The molecule has 0 bridgehead atoms. The number of aromatic nitrogens is 3. The van der Waals surface area contributed by atoms with Crippen LogP contribution in [0.15, 0.2) is 42.9 Å². The summed E-state index contributed by atoms with van der Waals surface area (Å²) >= 11 is 0. The van der Waals surface area contributed by atoms with Gasteiger partial charge in [-0.25, -0.2) is 9.97 Å². The van der Waals surface area contributed by atoms with E-state index in [1.807, 2.05) is 41.4 Å². The molecule has 7 heteroatoms. The van der Waals surface area contributed by atoms with E-state index in [-0.39, 0.29) is 11.3 Å². The quantitative estimate of drug-likeness (QED) is 0.743. The Labute approximate surface area is 169 Å². The Morgan fingerprint density at radius 2 is 2.07 bits per heavy atom. The average Bonchev–Trinajstić information content (AvgIpc) is 3.40. The minimum Gasteiger partial charge on any atom is -0.481 e. The van der Waals surface area contributed by atoms with Crippen LogP contribution >= 0.6 is 0 Å². The highest BCUT2D eigenvalue weighted by Gasteiger charge is 2.43. The fourth-order valence-electron chi connectivity index (χ4n) is 4.83. The number of carbonyl (C=O) groups excluding carboxylic acids is 1. The van der Waals surface area contributed by atoms with Gasteiger partial charge in [0.25, 0.3) is 5.91 Å². The number of nitrogens with zero attached hydrogens (tertiary/aromatic N) is 4. The molecule has 1 aromatic carbocycles. The molecule has 29 heavy (non-hydrogen) atoms. The Morgan fingerprint density at radius 1 is 1.14 bits per heavy atom. The minimum absolute atomic E-state index is 0.129. The second kappa shape index (κ2) is 7.06. The van der Waals surface area contributed by atoms with Crippen molar-refractivity contribution in [3.63, 3.8) is 0 Å². The molecule has 4 heterocycles. The van der Waals surface area contributed by atoms with Crippen LogP contribution in [0.1, 0.15) is 29.6 Å². The molecule has 150 valence electrons. The first-order valence-corrected chi connectivity index (χ1v) is 10.1. The van der Waals surface area contributed by atoms with Gasteiger partial charge in [0.05, 0.1) is 7.11 Å². The standard InChI is InChI=1S/C22H25N5O2/c1-29-20-12-19(24-15-25-20)26-9-2-6-22(13-26)7-10-27(14-22)21(28)17-3-4-18-16(11-17)5-8-23-18/h3-5,8,11-12,15,23H,2,6-7,9-10,13-14H2,1H3. The monoisotopic (exact) mass is 391 g/mol. The maximum atomic E-state index is 13.1. The summed E-state index contributed by atoms with van der Waals surface area (Å²) in [5.41, 5.74) is 1.95. The van der Waals surface area contributed by atoms with E-state index in [1.54, 1.807) is 13.4 Å². The van der Waals surface area contributed by atoms with Crippen LogP contribution in [0.3, 0.4) is 0 Å². The molecule has 2 aliphatic rings. The predicted octanol–water partition coefficient (Wildman–Crippen LogP) is 3.10. The number of likely N-dealkylation sites (tertiary alicyclic amines) is 1. The van der Waals surface area contributed by atoms with Crippen LogP contribution in [0, 0.1) is 5.41 Å². The predicted molar refractivity (Wildman–Crippen MR) is 111 cm³/mol. The number of rotatable bonds is 3. The van der Waals surface area contributed by atoms with Gasteiger partial charge in [0.15, 0.2) is 0 Å². The lowest BCUT2D eigenvalue weighted by atomic mass is 9.79. The Kier molecular flexibility index (Phi) is 4.38. The third-order valence-corrected chi connectivity index (χ3v) is 6.35. The molecule has 2 fully saturated rings. The van der Waals surface area contributed by atoms with E-state index in [2.05, 4.69) is 19.9 Å². The molecule has 2 saturated heterocycles. The molecule has 5 rings (SSSR count). The summed E-state index contributed by atoms with van der Waals surface area (Å²) in [4.78, 5) is 29.2. The van der Waals surface area contributed by atoms with Crippen LogP contribution in [0.25, 0.3) is 10.9 Å². The molecule has 1 amide bonds. The first-order chi connectivity index (χ1) is 14.2. The molecule has 0 saturated carbocycles. The molecule has 1 atom stereocenters.